The molecule has 3 heterocycles. The number of quaternary nitrogens is 1. The molecule has 0 spiro atoms. The molecule has 2 fully saturated rings. The summed E-state index contributed by atoms with van der Waals surface area (Å²) in [6.07, 6.45) is 2.79. The van der Waals surface area contributed by atoms with Crippen molar-refractivity contribution in [1.82, 2.24) is 10.4 Å². The number of benzene rings is 1. The molecule has 158 valence electrons. The number of hydrogen-bond acceptors (Lipinski definition) is 5. The Bertz CT molecular complexity index is 1030. The number of thiazole rings is 1. The standard InChI is InChI=1S/C21H26N5OPS2/c1-21(2)14-17-19(18(15-21)25-9-11-27-12-10-25)28(29,24-20-22-8-13-30-20)26(23-17)16-6-4-3-5-7-16/h3-8,13-14,23H,9-12,15H2,1-2H3,(H,22,24,29)/p+1/t28-/m0/s1. The van der Waals surface area contributed by atoms with Crippen LogP contribution in [0.3, 0.4) is 0 Å². The molecular formula is C21H27N5OPS2+. The summed E-state index contributed by atoms with van der Waals surface area (Å²) in [5, 5.41) is 7.83. The number of anilines is 2. The largest absolute Gasteiger partial charge is 0.370 e. The number of nitrogens with one attached hydrogen (secondary N) is 3. The maximum Gasteiger partial charge on any atom is 0.187 e. The van der Waals surface area contributed by atoms with Crippen LogP contribution in [0, 0.1) is 5.41 Å². The van der Waals surface area contributed by atoms with Crippen molar-refractivity contribution in [1.29, 1.82) is 0 Å². The highest BCUT2D eigenvalue weighted by molar-refractivity contribution is 8.18. The molecule has 6 nitrogen and oxygen atoms in total. The molecular weight excluding hydrogens is 433 g/mol. The molecule has 0 saturated carbocycles. The lowest BCUT2D eigenvalue weighted by Crippen LogP contribution is -3.12. The van der Waals surface area contributed by atoms with Gasteiger partial charge in [-0.05, 0) is 29.4 Å². The summed E-state index contributed by atoms with van der Waals surface area (Å²) in [7, 11) is 0. The summed E-state index contributed by atoms with van der Waals surface area (Å²) < 4.78 is 7.84. The first-order valence-electron chi connectivity index (χ1n) is 10.3. The zero-order chi connectivity index (χ0) is 20.8. The number of allylic oxidation sites excluding steroid dienone is 3. The van der Waals surface area contributed by atoms with E-state index < -0.39 is 6.34 Å². The molecule has 30 heavy (non-hydrogen) atoms. The van der Waals surface area contributed by atoms with Crippen LogP contribution >= 0.6 is 17.7 Å². The highest BCUT2D eigenvalue weighted by Crippen LogP contribution is 2.66. The van der Waals surface area contributed by atoms with Gasteiger partial charge in [0.2, 0.25) is 0 Å². The van der Waals surface area contributed by atoms with E-state index in [1.807, 2.05) is 17.6 Å². The first-order chi connectivity index (χ1) is 14.5. The molecule has 5 rings (SSSR count). The maximum absolute atomic E-state index is 6.52. The second-order valence-corrected chi connectivity index (χ2v) is 13.3. The lowest BCUT2D eigenvalue weighted by molar-refractivity contribution is -0.871. The molecule has 0 amide bonds. The Morgan fingerprint density at radius 3 is 2.73 bits per heavy atom. The highest BCUT2D eigenvalue weighted by Gasteiger charge is 2.48. The normalized spacial score (nSPS) is 26.2. The van der Waals surface area contributed by atoms with Gasteiger partial charge in [0.05, 0.1) is 24.6 Å². The minimum Gasteiger partial charge on any atom is -0.370 e. The molecule has 0 radical (unpaired) electrons. The van der Waals surface area contributed by atoms with Crippen LogP contribution in [0.5, 0.6) is 0 Å². The van der Waals surface area contributed by atoms with E-state index in [1.54, 1.807) is 11.3 Å². The third-order valence-electron chi connectivity index (χ3n) is 5.72. The molecule has 2 aromatic rings. The smallest absolute Gasteiger partial charge is 0.187 e. The van der Waals surface area contributed by atoms with Gasteiger partial charge in [0.25, 0.3) is 0 Å². The molecule has 0 bridgehead atoms. The van der Waals surface area contributed by atoms with Gasteiger partial charge in [0, 0.05) is 18.0 Å². The highest BCUT2D eigenvalue weighted by atomic mass is 32.4. The average molecular weight is 461 g/mol. The third-order valence-corrected chi connectivity index (χ3v) is 10.4. The summed E-state index contributed by atoms with van der Waals surface area (Å²) in [5.41, 5.74) is 7.41. The van der Waals surface area contributed by atoms with Crippen molar-refractivity contribution in [3.63, 3.8) is 0 Å². The van der Waals surface area contributed by atoms with Crippen LogP contribution in [0.1, 0.15) is 20.3 Å². The van der Waals surface area contributed by atoms with Crippen LogP contribution in [0.2, 0.25) is 0 Å². The van der Waals surface area contributed by atoms with Crippen LogP contribution in [-0.2, 0) is 16.5 Å². The number of ether oxygens (including phenoxy) is 1. The Kier molecular flexibility index (Phi) is 5.24. The molecule has 1 aliphatic carbocycles. The summed E-state index contributed by atoms with van der Waals surface area (Å²) in [6, 6.07) is 10.4. The number of rotatable bonds is 4. The molecule has 3 N–H and O–H groups in total. The van der Waals surface area contributed by atoms with Gasteiger partial charge in [-0.3, -0.25) is 5.43 Å². The van der Waals surface area contributed by atoms with Crippen molar-refractivity contribution >= 4 is 40.3 Å². The fourth-order valence-corrected chi connectivity index (χ4v) is 9.37. The Labute approximate surface area is 186 Å². The maximum atomic E-state index is 6.52. The molecule has 2 aliphatic heterocycles. The Morgan fingerprint density at radius 1 is 1.27 bits per heavy atom. The van der Waals surface area contributed by atoms with E-state index in [4.69, 9.17) is 16.5 Å². The monoisotopic (exact) mass is 460 g/mol. The van der Waals surface area contributed by atoms with E-state index >= 15 is 0 Å². The lowest BCUT2D eigenvalue weighted by Gasteiger charge is -2.35. The van der Waals surface area contributed by atoms with Crippen LogP contribution < -0.4 is 20.2 Å². The van der Waals surface area contributed by atoms with Gasteiger partial charge in [0.1, 0.15) is 24.1 Å². The molecule has 1 aromatic carbocycles. The van der Waals surface area contributed by atoms with Crippen molar-refractivity contribution in [3.8, 4) is 0 Å². The molecule has 0 unspecified atom stereocenters. The van der Waals surface area contributed by atoms with Gasteiger partial charge in [0.15, 0.2) is 11.5 Å². The molecule has 1 atom stereocenters. The van der Waals surface area contributed by atoms with Crippen LogP contribution in [-0.4, -0.2) is 31.3 Å². The fraction of sp³-hybridized carbons (Fsp3) is 0.381. The summed E-state index contributed by atoms with van der Waals surface area (Å²) in [4.78, 5) is 6.00. The summed E-state index contributed by atoms with van der Waals surface area (Å²) >= 11 is 8.12. The Hall–Kier alpha value is -1.70. The molecule has 1 aromatic heterocycles. The van der Waals surface area contributed by atoms with Crippen molar-refractivity contribution in [2.24, 2.45) is 5.41 Å². The zero-order valence-corrected chi connectivity index (χ0v) is 19.7. The summed E-state index contributed by atoms with van der Waals surface area (Å²) in [6.45, 7) is 8.18. The van der Waals surface area contributed by atoms with Crippen LogP contribution in [0.4, 0.5) is 10.8 Å². The van der Waals surface area contributed by atoms with Gasteiger partial charge >= 0.3 is 0 Å². The summed E-state index contributed by atoms with van der Waals surface area (Å²) in [5.74, 6) is 0. The zero-order valence-electron chi connectivity index (χ0n) is 17.2. The van der Waals surface area contributed by atoms with E-state index in [2.05, 4.69) is 64.5 Å². The Balaban J connectivity index is 1.68. The molecule has 2 saturated heterocycles. The quantitative estimate of drug-likeness (QED) is 0.609. The van der Waals surface area contributed by atoms with E-state index in [-0.39, 0.29) is 5.41 Å². The lowest BCUT2D eigenvalue weighted by atomic mass is 9.82. The number of fused-ring (bicyclic) bond motifs is 1. The Morgan fingerprint density at radius 2 is 2.03 bits per heavy atom. The van der Waals surface area contributed by atoms with Crippen LogP contribution in [0.15, 0.2) is 64.7 Å². The topological polar surface area (TPSA) is 53.9 Å². The van der Waals surface area contributed by atoms with E-state index in [9.17, 15) is 0 Å². The van der Waals surface area contributed by atoms with Crippen molar-refractivity contribution in [2.45, 2.75) is 20.3 Å². The first kappa shape index (κ1) is 20.2. The number of nitrogens with zero attached hydrogens (tertiary/aromatic N) is 2. The van der Waals surface area contributed by atoms with Gasteiger partial charge in [-0.1, -0.05) is 38.1 Å². The van der Waals surface area contributed by atoms with E-state index in [0.29, 0.717) is 0 Å². The minimum absolute atomic E-state index is 0.0700. The predicted octanol–water partition coefficient (Wildman–Crippen LogP) is 3.33. The van der Waals surface area contributed by atoms with Gasteiger partial charge in [-0.2, -0.15) is 0 Å². The van der Waals surface area contributed by atoms with Gasteiger partial charge < -0.3 is 14.7 Å². The van der Waals surface area contributed by atoms with Gasteiger partial charge in [-0.15, -0.1) is 11.3 Å². The first-order valence-corrected chi connectivity index (χ1v) is 13.9. The molecule has 3 aliphatic rings. The van der Waals surface area contributed by atoms with Crippen molar-refractivity contribution < 1.29 is 9.64 Å². The minimum atomic E-state index is -2.40. The van der Waals surface area contributed by atoms with E-state index in [0.717, 1.165) is 49.2 Å². The van der Waals surface area contributed by atoms with E-state index in [1.165, 1.54) is 15.9 Å². The second kappa shape index (κ2) is 7.77. The SMILES string of the molecule is CC1(C)C=C2NN(c3ccccc3)[P@@](=S)(Nc3nccs3)C2=C([NH+]2CCOCC2)C1. The number of morpholine rings is 1. The number of para-hydroxylation sites is 1. The van der Waals surface area contributed by atoms with Crippen molar-refractivity contribution in [3.05, 3.63) is 64.7 Å². The second-order valence-electron chi connectivity index (χ2n) is 8.55. The third kappa shape index (κ3) is 3.61. The number of aromatic nitrogens is 1. The van der Waals surface area contributed by atoms with Gasteiger partial charge in [-0.25, -0.2) is 9.76 Å². The average Bonchev–Trinajstić information content (AvgIpc) is 3.34. The van der Waals surface area contributed by atoms with Crippen molar-refractivity contribution in [2.75, 3.05) is 36.2 Å². The fourth-order valence-electron chi connectivity index (χ4n) is 4.45. The predicted molar refractivity (Wildman–Crippen MR) is 127 cm³/mol. The molecule has 9 heteroatoms. The number of hydrogen-bond donors (Lipinski definition) is 3. The van der Waals surface area contributed by atoms with Crippen LogP contribution in [0.25, 0.3) is 0 Å². The number of hydrazine groups is 1.